The molecule has 29 heavy (non-hydrogen) atoms. The quantitative estimate of drug-likeness (QED) is 0.541. The lowest BCUT2D eigenvalue weighted by molar-refractivity contribution is -0.117. The van der Waals surface area contributed by atoms with Crippen molar-refractivity contribution in [3.8, 4) is 6.07 Å². The standard InChI is InChI=1S/C24H26FN3O/c1-2-23(19-12-11-17-7-3-4-8-18(17)13-19)28-24(29)21(14-26)16-27-15-20-9-5-6-10-22(20)25/h5-6,9-13,16,23,27H,2-4,7-8,15H2,1H3,(H,28,29)/b21-16-. The van der Waals surface area contributed by atoms with Crippen LogP contribution in [-0.2, 0) is 24.2 Å². The molecule has 0 saturated heterocycles. The molecule has 150 valence electrons. The van der Waals surface area contributed by atoms with Crippen LogP contribution in [0.3, 0.4) is 0 Å². The number of halogens is 1. The van der Waals surface area contributed by atoms with Crippen LogP contribution in [0.4, 0.5) is 4.39 Å². The van der Waals surface area contributed by atoms with Crippen molar-refractivity contribution < 1.29 is 9.18 Å². The number of nitrogens with one attached hydrogen (secondary N) is 2. The van der Waals surface area contributed by atoms with E-state index in [9.17, 15) is 14.4 Å². The maximum Gasteiger partial charge on any atom is 0.263 e. The van der Waals surface area contributed by atoms with E-state index in [0.29, 0.717) is 5.56 Å². The van der Waals surface area contributed by atoms with Crippen molar-refractivity contribution >= 4 is 5.91 Å². The summed E-state index contributed by atoms with van der Waals surface area (Å²) in [4.78, 5) is 12.6. The van der Waals surface area contributed by atoms with E-state index < -0.39 is 5.91 Å². The van der Waals surface area contributed by atoms with Crippen LogP contribution in [0.25, 0.3) is 0 Å². The Morgan fingerprint density at radius 3 is 2.69 bits per heavy atom. The number of carbonyl (C=O) groups is 1. The summed E-state index contributed by atoms with van der Waals surface area (Å²) in [7, 11) is 0. The first-order valence-electron chi connectivity index (χ1n) is 10.1. The third-order valence-electron chi connectivity index (χ3n) is 5.35. The second-order valence-corrected chi connectivity index (χ2v) is 7.31. The Kier molecular flexibility index (Phi) is 7.02. The first-order chi connectivity index (χ1) is 14.1. The molecule has 4 nitrogen and oxygen atoms in total. The predicted molar refractivity (Wildman–Crippen MR) is 111 cm³/mol. The highest BCUT2D eigenvalue weighted by Gasteiger charge is 2.18. The Balaban J connectivity index is 1.66. The zero-order valence-corrected chi connectivity index (χ0v) is 16.7. The minimum atomic E-state index is -0.432. The van der Waals surface area contributed by atoms with Gasteiger partial charge in [0.25, 0.3) is 5.91 Å². The number of benzene rings is 2. The molecule has 0 aromatic heterocycles. The van der Waals surface area contributed by atoms with Crippen LogP contribution in [0.1, 0.15) is 54.5 Å². The molecule has 3 rings (SSSR count). The topological polar surface area (TPSA) is 64.9 Å². The summed E-state index contributed by atoms with van der Waals surface area (Å²) >= 11 is 0. The Bertz CT molecular complexity index is 945. The van der Waals surface area contributed by atoms with Crippen molar-refractivity contribution in [1.82, 2.24) is 10.6 Å². The summed E-state index contributed by atoms with van der Waals surface area (Å²) in [6.07, 6.45) is 6.71. The number of hydrogen-bond acceptors (Lipinski definition) is 3. The van der Waals surface area contributed by atoms with Crippen LogP contribution in [0.5, 0.6) is 0 Å². The SMILES string of the molecule is CCC(NC(=O)/C(C#N)=C\NCc1ccccc1F)c1ccc2c(c1)CCCC2. The minimum Gasteiger partial charge on any atom is -0.385 e. The molecular formula is C24H26FN3O. The minimum absolute atomic E-state index is 0.0299. The summed E-state index contributed by atoms with van der Waals surface area (Å²) < 4.78 is 13.7. The molecule has 1 aliphatic rings. The molecule has 0 spiro atoms. The highest BCUT2D eigenvalue weighted by atomic mass is 19.1. The summed E-state index contributed by atoms with van der Waals surface area (Å²) in [5, 5.41) is 15.2. The van der Waals surface area contributed by atoms with Gasteiger partial charge in [-0.05, 0) is 54.9 Å². The van der Waals surface area contributed by atoms with E-state index >= 15 is 0 Å². The van der Waals surface area contributed by atoms with Crippen LogP contribution < -0.4 is 10.6 Å². The molecule has 0 saturated carbocycles. The summed E-state index contributed by atoms with van der Waals surface area (Å²) in [5.41, 5.74) is 4.28. The van der Waals surface area contributed by atoms with E-state index in [1.165, 1.54) is 36.2 Å². The third-order valence-corrected chi connectivity index (χ3v) is 5.35. The number of fused-ring (bicyclic) bond motifs is 1. The molecule has 0 heterocycles. The second kappa shape index (κ2) is 9.88. The van der Waals surface area contributed by atoms with Gasteiger partial charge >= 0.3 is 0 Å². The third kappa shape index (κ3) is 5.23. The fourth-order valence-electron chi connectivity index (χ4n) is 3.68. The van der Waals surface area contributed by atoms with Crippen LogP contribution in [0, 0.1) is 17.1 Å². The highest BCUT2D eigenvalue weighted by Crippen LogP contribution is 2.26. The van der Waals surface area contributed by atoms with Gasteiger partial charge in [0.2, 0.25) is 0 Å². The van der Waals surface area contributed by atoms with E-state index in [2.05, 4.69) is 28.8 Å². The monoisotopic (exact) mass is 391 g/mol. The lowest BCUT2D eigenvalue weighted by Gasteiger charge is -2.21. The van der Waals surface area contributed by atoms with Crippen LogP contribution in [0.15, 0.2) is 54.2 Å². The molecule has 0 radical (unpaired) electrons. The Morgan fingerprint density at radius 1 is 1.21 bits per heavy atom. The molecule has 0 aliphatic heterocycles. The molecular weight excluding hydrogens is 365 g/mol. The number of carbonyl (C=O) groups excluding carboxylic acids is 1. The van der Waals surface area contributed by atoms with Gasteiger partial charge in [-0.1, -0.05) is 43.3 Å². The van der Waals surface area contributed by atoms with E-state index in [1.807, 2.05) is 13.0 Å². The maximum atomic E-state index is 13.7. The largest absolute Gasteiger partial charge is 0.385 e. The lowest BCUT2D eigenvalue weighted by atomic mass is 9.88. The van der Waals surface area contributed by atoms with Crippen molar-refractivity contribution in [1.29, 1.82) is 5.26 Å². The van der Waals surface area contributed by atoms with E-state index in [0.717, 1.165) is 24.8 Å². The van der Waals surface area contributed by atoms with Gasteiger partial charge in [-0.25, -0.2) is 4.39 Å². The molecule has 1 amide bonds. The molecule has 2 N–H and O–H groups in total. The Morgan fingerprint density at radius 2 is 1.97 bits per heavy atom. The first kappa shape index (κ1) is 20.6. The van der Waals surface area contributed by atoms with Crippen molar-refractivity contribution in [2.75, 3.05) is 0 Å². The summed E-state index contributed by atoms with van der Waals surface area (Å²) in [6.45, 7) is 2.21. The van der Waals surface area contributed by atoms with Gasteiger partial charge in [0.05, 0.1) is 6.04 Å². The molecule has 1 atom stereocenters. The number of nitriles is 1. The number of nitrogens with zero attached hydrogens (tertiary/aromatic N) is 1. The fraction of sp³-hybridized carbons (Fsp3) is 0.333. The van der Waals surface area contributed by atoms with Gasteiger partial charge in [-0.3, -0.25) is 4.79 Å². The number of amides is 1. The zero-order valence-electron chi connectivity index (χ0n) is 16.7. The highest BCUT2D eigenvalue weighted by molar-refractivity contribution is 5.97. The number of hydrogen-bond donors (Lipinski definition) is 2. The average Bonchev–Trinajstić information content (AvgIpc) is 2.75. The molecule has 0 fully saturated rings. The smallest absolute Gasteiger partial charge is 0.263 e. The van der Waals surface area contributed by atoms with E-state index in [-0.39, 0.29) is 24.0 Å². The predicted octanol–water partition coefficient (Wildman–Crippen LogP) is 4.47. The Hall–Kier alpha value is -3.13. The Labute approximate surface area is 171 Å². The van der Waals surface area contributed by atoms with E-state index in [1.54, 1.807) is 18.2 Å². The fourth-order valence-corrected chi connectivity index (χ4v) is 3.68. The molecule has 5 heteroatoms. The van der Waals surface area contributed by atoms with Crippen molar-refractivity contribution in [2.45, 2.75) is 51.6 Å². The van der Waals surface area contributed by atoms with Gasteiger partial charge < -0.3 is 10.6 Å². The molecule has 1 unspecified atom stereocenters. The van der Waals surface area contributed by atoms with Crippen LogP contribution in [0.2, 0.25) is 0 Å². The number of aryl methyl sites for hydroxylation is 2. The molecule has 0 bridgehead atoms. The van der Waals surface area contributed by atoms with Crippen molar-refractivity contribution in [3.63, 3.8) is 0 Å². The van der Waals surface area contributed by atoms with Gasteiger partial charge in [0.15, 0.2) is 0 Å². The average molecular weight is 391 g/mol. The van der Waals surface area contributed by atoms with Gasteiger partial charge in [0.1, 0.15) is 17.5 Å². The van der Waals surface area contributed by atoms with Crippen LogP contribution >= 0.6 is 0 Å². The van der Waals surface area contributed by atoms with Crippen LogP contribution in [-0.4, -0.2) is 5.91 Å². The first-order valence-corrected chi connectivity index (χ1v) is 10.1. The van der Waals surface area contributed by atoms with Crippen molar-refractivity contribution in [2.24, 2.45) is 0 Å². The normalized spacial score (nSPS) is 14.4. The van der Waals surface area contributed by atoms with Gasteiger partial charge in [0, 0.05) is 18.3 Å². The molecule has 2 aromatic rings. The maximum absolute atomic E-state index is 13.7. The van der Waals surface area contributed by atoms with E-state index in [4.69, 9.17) is 0 Å². The zero-order chi connectivity index (χ0) is 20.6. The lowest BCUT2D eigenvalue weighted by Crippen LogP contribution is -2.30. The molecule has 2 aromatic carbocycles. The van der Waals surface area contributed by atoms with Gasteiger partial charge in [-0.2, -0.15) is 5.26 Å². The van der Waals surface area contributed by atoms with Crippen molar-refractivity contribution in [3.05, 3.63) is 82.3 Å². The number of rotatable bonds is 7. The van der Waals surface area contributed by atoms with Gasteiger partial charge in [-0.15, -0.1) is 0 Å². The summed E-state index contributed by atoms with van der Waals surface area (Å²) in [5.74, 6) is -0.757. The molecule has 1 aliphatic carbocycles. The second-order valence-electron chi connectivity index (χ2n) is 7.31. The summed E-state index contributed by atoms with van der Waals surface area (Å²) in [6, 6.07) is 14.6.